The summed E-state index contributed by atoms with van der Waals surface area (Å²) in [6.07, 6.45) is 0. The number of rotatable bonds is 12. The van der Waals surface area contributed by atoms with Crippen LogP contribution in [0.25, 0.3) is 0 Å². The molecule has 1 heterocycles. The van der Waals surface area contributed by atoms with Crippen molar-refractivity contribution >= 4 is 5.91 Å². The van der Waals surface area contributed by atoms with Gasteiger partial charge in [0.1, 0.15) is 11.5 Å². The van der Waals surface area contributed by atoms with Crippen molar-refractivity contribution < 1.29 is 19.0 Å². The lowest BCUT2D eigenvalue weighted by Crippen LogP contribution is -2.50. The fourth-order valence-corrected chi connectivity index (χ4v) is 4.10. The van der Waals surface area contributed by atoms with E-state index in [-0.39, 0.29) is 5.91 Å². The van der Waals surface area contributed by atoms with Gasteiger partial charge < -0.3 is 19.1 Å². The van der Waals surface area contributed by atoms with Crippen molar-refractivity contribution in [3.63, 3.8) is 0 Å². The number of carbonyl (C=O) groups excluding carboxylic acids is 1. The highest BCUT2D eigenvalue weighted by molar-refractivity contribution is 5.94. The molecule has 0 atom stereocenters. The average Bonchev–Trinajstić information content (AvgIpc) is 2.86. The Kier molecular flexibility index (Phi) is 10.3. The third-order valence-corrected chi connectivity index (χ3v) is 6.23. The van der Waals surface area contributed by atoms with Crippen LogP contribution in [0.2, 0.25) is 0 Å². The second-order valence-electron chi connectivity index (χ2n) is 8.92. The van der Waals surface area contributed by atoms with Crippen molar-refractivity contribution in [1.82, 2.24) is 14.7 Å². The van der Waals surface area contributed by atoms with Crippen LogP contribution in [-0.4, -0.2) is 93.4 Å². The Morgan fingerprint density at radius 2 is 1.59 bits per heavy atom. The van der Waals surface area contributed by atoms with E-state index < -0.39 is 0 Å². The molecular formula is C27H39N3O4. The normalized spacial score (nSPS) is 14.7. The van der Waals surface area contributed by atoms with Crippen LogP contribution < -0.4 is 4.74 Å². The zero-order valence-corrected chi connectivity index (χ0v) is 21.0. The van der Waals surface area contributed by atoms with Crippen LogP contribution in [0, 0.1) is 0 Å². The highest BCUT2D eigenvalue weighted by Crippen LogP contribution is 2.28. The maximum absolute atomic E-state index is 13.3. The van der Waals surface area contributed by atoms with Crippen molar-refractivity contribution in [3.05, 3.63) is 59.7 Å². The van der Waals surface area contributed by atoms with Gasteiger partial charge in [0.15, 0.2) is 0 Å². The van der Waals surface area contributed by atoms with Crippen LogP contribution in [0.3, 0.4) is 0 Å². The summed E-state index contributed by atoms with van der Waals surface area (Å²) < 4.78 is 16.9. The first-order valence-electron chi connectivity index (χ1n) is 12.1. The topological polar surface area (TPSA) is 54.5 Å². The van der Waals surface area contributed by atoms with Crippen LogP contribution in [0.5, 0.6) is 11.5 Å². The molecule has 1 saturated heterocycles. The molecule has 1 aliphatic rings. The van der Waals surface area contributed by atoms with Crippen LogP contribution in [0.4, 0.5) is 0 Å². The number of methoxy groups -OCH3 is 2. The van der Waals surface area contributed by atoms with Crippen LogP contribution in [0.1, 0.15) is 29.8 Å². The Hall–Kier alpha value is -2.45. The molecule has 0 spiro atoms. The molecule has 186 valence electrons. The summed E-state index contributed by atoms with van der Waals surface area (Å²) in [4.78, 5) is 19.9. The largest absolute Gasteiger partial charge is 0.457 e. The van der Waals surface area contributed by atoms with Gasteiger partial charge in [-0.3, -0.25) is 14.6 Å². The average molecular weight is 470 g/mol. The van der Waals surface area contributed by atoms with Crippen molar-refractivity contribution in [3.8, 4) is 11.5 Å². The molecule has 0 bridgehead atoms. The molecule has 0 N–H and O–H groups in total. The first kappa shape index (κ1) is 26.2. The molecule has 34 heavy (non-hydrogen) atoms. The van der Waals surface area contributed by atoms with E-state index >= 15 is 0 Å². The minimum absolute atomic E-state index is 0.0588. The molecule has 0 unspecified atom stereocenters. The maximum Gasteiger partial charge on any atom is 0.254 e. The Morgan fingerprint density at radius 3 is 2.18 bits per heavy atom. The summed E-state index contributed by atoms with van der Waals surface area (Å²) in [6, 6.07) is 16.0. The van der Waals surface area contributed by atoms with E-state index in [1.807, 2.05) is 53.4 Å². The first-order chi connectivity index (χ1) is 16.5. The molecule has 1 aliphatic heterocycles. The number of ether oxygens (including phenoxy) is 3. The van der Waals surface area contributed by atoms with Crippen LogP contribution in [-0.2, 0) is 16.0 Å². The van der Waals surface area contributed by atoms with Gasteiger partial charge in [0, 0.05) is 77.2 Å². The zero-order chi connectivity index (χ0) is 24.3. The van der Waals surface area contributed by atoms with Gasteiger partial charge in [-0.1, -0.05) is 24.3 Å². The molecule has 0 aliphatic carbocycles. The second-order valence-corrected chi connectivity index (χ2v) is 8.92. The number of nitrogens with zero attached hydrogens (tertiary/aromatic N) is 3. The highest BCUT2D eigenvalue weighted by atomic mass is 16.5. The Morgan fingerprint density at radius 1 is 0.941 bits per heavy atom. The SMILES string of the molecule is COCCN(CCOC)Cc1ccc(C(=O)N2CCN(C(C)C)CC2)cc1Oc1ccccc1. The van der Waals surface area contributed by atoms with Gasteiger partial charge in [-0.05, 0) is 38.1 Å². The summed E-state index contributed by atoms with van der Waals surface area (Å²) in [7, 11) is 3.42. The van der Waals surface area contributed by atoms with Gasteiger partial charge in [0.05, 0.1) is 13.2 Å². The van der Waals surface area contributed by atoms with Gasteiger partial charge >= 0.3 is 0 Å². The van der Waals surface area contributed by atoms with Gasteiger partial charge in [0.2, 0.25) is 0 Å². The Bertz CT molecular complexity index is 875. The number of hydrogen-bond acceptors (Lipinski definition) is 6. The van der Waals surface area contributed by atoms with E-state index in [9.17, 15) is 4.79 Å². The lowest BCUT2D eigenvalue weighted by molar-refractivity contribution is 0.0595. The van der Waals surface area contributed by atoms with Crippen molar-refractivity contribution in [2.45, 2.75) is 26.4 Å². The van der Waals surface area contributed by atoms with Crippen molar-refractivity contribution in [2.24, 2.45) is 0 Å². The predicted octanol–water partition coefficient (Wildman–Crippen LogP) is 3.74. The van der Waals surface area contributed by atoms with Gasteiger partial charge in [-0.2, -0.15) is 0 Å². The molecule has 3 rings (SSSR count). The van der Waals surface area contributed by atoms with Gasteiger partial charge in [-0.25, -0.2) is 0 Å². The summed E-state index contributed by atoms with van der Waals surface area (Å²) in [5, 5.41) is 0. The number of hydrogen-bond donors (Lipinski definition) is 0. The highest BCUT2D eigenvalue weighted by Gasteiger charge is 2.24. The van der Waals surface area contributed by atoms with E-state index in [0.717, 1.165) is 50.6 Å². The molecule has 7 heteroatoms. The molecular weight excluding hydrogens is 430 g/mol. The predicted molar refractivity (Wildman–Crippen MR) is 135 cm³/mol. The number of para-hydroxylation sites is 1. The molecule has 0 saturated carbocycles. The van der Waals surface area contributed by atoms with E-state index in [4.69, 9.17) is 14.2 Å². The molecule has 1 amide bonds. The lowest BCUT2D eigenvalue weighted by atomic mass is 10.1. The first-order valence-corrected chi connectivity index (χ1v) is 12.1. The molecule has 7 nitrogen and oxygen atoms in total. The third-order valence-electron chi connectivity index (χ3n) is 6.23. The molecule has 0 radical (unpaired) electrons. The van der Waals surface area contributed by atoms with Crippen molar-refractivity contribution in [2.75, 3.05) is 66.7 Å². The fraction of sp³-hybridized carbons (Fsp3) is 0.519. The molecule has 0 aromatic heterocycles. The quantitative estimate of drug-likeness (QED) is 0.472. The zero-order valence-electron chi connectivity index (χ0n) is 21.0. The summed E-state index contributed by atoms with van der Waals surface area (Å²) >= 11 is 0. The van der Waals surface area contributed by atoms with E-state index in [2.05, 4.69) is 23.6 Å². The number of amides is 1. The van der Waals surface area contributed by atoms with Gasteiger partial charge in [-0.15, -0.1) is 0 Å². The number of benzene rings is 2. The van der Waals surface area contributed by atoms with E-state index in [1.165, 1.54) is 0 Å². The summed E-state index contributed by atoms with van der Waals surface area (Å²) in [5.74, 6) is 1.51. The minimum Gasteiger partial charge on any atom is -0.457 e. The monoisotopic (exact) mass is 469 g/mol. The third kappa shape index (κ3) is 7.53. The van der Waals surface area contributed by atoms with Gasteiger partial charge in [0.25, 0.3) is 5.91 Å². The standard InChI is InChI=1S/C27H39N3O4/c1-22(2)29-12-14-30(15-13-29)27(31)23-10-11-24(21-28(16-18-32-3)17-19-33-4)26(20-23)34-25-8-6-5-7-9-25/h5-11,20,22H,12-19,21H2,1-4H3. The second kappa shape index (κ2) is 13.4. The van der Waals surface area contributed by atoms with Crippen LogP contribution >= 0.6 is 0 Å². The maximum atomic E-state index is 13.3. The molecule has 2 aromatic rings. The fourth-order valence-electron chi connectivity index (χ4n) is 4.10. The summed E-state index contributed by atoms with van der Waals surface area (Å²) in [6.45, 7) is 11.2. The molecule has 2 aromatic carbocycles. The minimum atomic E-state index is 0.0588. The number of carbonyl (C=O) groups is 1. The van der Waals surface area contributed by atoms with E-state index in [0.29, 0.717) is 37.1 Å². The summed E-state index contributed by atoms with van der Waals surface area (Å²) in [5.41, 5.74) is 1.69. The van der Waals surface area contributed by atoms with E-state index in [1.54, 1.807) is 14.2 Å². The number of piperazine rings is 1. The van der Waals surface area contributed by atoms with Crippen molar-refractivity contribution in [1.29, 1.82) is 0 Å². The smallest absolute Gasteiger partial charge is 0.254 e. The molecule has 1 fully saturated rings. The van der Waals surface area contributed by atoms with Crippen LogP contribution in [0.15, 0.2) is 48.5 Å². The lowest BCUT2D eigenvalue weighted by Gasteiger charge is -2.37. The Labute approximate surface area is 204 Å². The Balaban J connectivity index is 1.81.